The van der Waals surface area contributed by atoms with E-state index in [1.54, 1.807) is 11.3 Å². The van der Waals surface area contributed by atoms with E-state index in [4.69, 9.17) is 0 Å². The van der Waals surface area contributed by atoms with E-state index < -0.39 is 0 Å². The molecule has 0 fully saturated rings. The van der Waals surface area contributed by atoms with Crippen LogP contribution in [0, 0.1) is 5.92 Å². The summed E-state index contributed by atoms with van der Waals surface area (Å²) < 4.78 is 0. The molecule has 0 aliphatic heterocycles. The second kappa shape index (κ2) is 4.51. The zero-order valence-corrected chi connectivity index (χ0v) is 8.82. The number of hydrogen-bond donors (Lipinski definition) is 1. The molecule has 0 spiro atoms. The van der Waals surface area contributed by atoms with Crippen molar-refractivity contribution >= 4 is 17.0 Å². The van der Waals surface area contributed by atoms with E-state index in [1.807, 2.05) is 0 Å². The molecule has 1 aromatic heterocycles. The Morgan fingerprint density at radius 1 is 1.50 bits per heavy atom. The van der Waals surface area contributed by atoms with Gasteiger partial charge in [-0.25, -0.2) is 0 Å². The maximum Gasteiger partial charge on any atom is 0.0450 e. The van der Waals surface area contributed by atoms with Crippen molar-refractivity contribution in [3.05, 3.63) is 16.8 Å². The Bertz CT molecular complexity index is 206. The summed E-state index contributed by atoms with van der Waals surface area (Å²) in [4.78, 5) is 0. The van der Waals surface area contributed by atoms with Crippen molar-refractivity contribution in [2.24, 2.45) is 5.92 Å². The predicted molar refractivity (Wildman–Crippen MR) is 56.9 cm³/mol. The fraction of sp³-hybridized carbons (Fsp3) is 0.600. The van der Waals surface area contributed by atoms with Crippen molar-refractivity contribution in [1.82, 2.24) is 0 Å². The molecular formula is C10H17NS. The Labute approximate surface area is 78.8 Å². The van der Waals surface area contributed by atoms with Gasteiger partial charge >= 0.3 is 0 Å². The molecule has 1 N–H and O–H groups in total. The molecule has 1 rings (SSSR count). The van der Waals surface area contributed by atoms with Crippen molar-refractivity contribution in [3.8, 4) is 0 Å². The maximum absolute atomic E-state index is 3.48. The van der Waals surface area contributed by atoms with Crippen LogP contribution in [0.15, 0.2) is 16.8 Å². The quantitative estimate of drug-likeness (QED) is 0.752. The van der Waals surface area contributed by atoms with E-state index in [1.165, 1.54) is 12.1 Å². The summed E-state index contributed by atoms with van der Waals surface area (Å²) in [6, 6.07) is 2.70. The lowest BCUT2D eigenvalue weighted by atomic mass is 10.0. The maximum atomic E-state index is 3.48. The summed E-state index contributed by atoms with van der Waals surface area (Å²) in [5.74, 6) is 0.741. The molecule has 2 atom stereocenters. The highest BCUT2D eigenvalue weighted by atomic mass is 32.1. The Balaban J connectivity index is 2.41. The molecule has 12 heavy (non-hydrogen) atoms. The molecule has 0 aliphatic rings. The van der Waals surface area contributed by atoms with E-state index in [0.717, 1.165) is 5.92 Å². The summed E-state index contributed by atoms with van der Waals surface area (Å²) in [6.45, 7) is 6.76. The lowest BCUT2D eigenvalue weighted by molar-refractivity contribution is 0.495. The first-order valence-electron chi connectivity index (χ1n) is 4.52. The molecule has 2 heteroatoms. The summed E-state index contributed by atoms with van der Waals surface area (Å²) >= 11 is 1.74. The monoisotopic (exact) mass is 183 g/mol. The van der Waals surface area contributed by atoms with Gasteiger partial charge in [0.05, 0.1) is 0 Å². The van der Waals surface area contributed by atoms with Gasteiger partial charge in [-0.3, -0.25) is 0 Å². The number of rotatable bonds is 4. The van der Waals surface area contributed by atoms with E-state index in [2.05, 4.69) is 42.9 Å². The van der Waals surface area contributed by atoms with Gasteiger partial charge in [-0.2, -0.15) is 11.3 Å². The Hall–Kier alpha value is -0.500. The molecule has 0 amide bonds. The molecule has 0 saturated carbocycles. The summed E-state index contributed by atoms with van der Waals surface area (Å²) in [7, 11) is 0. The van der Waals surface area contributed by atoms with Gasteiger partial charge in [0.15, 0.2) is 0 Å². The number of thiophene rings is 1. The molecule has 0 aromatic carbocycles. The fourth-order valence-electron chi connectivity index (χ4n) is 1.11. The average molecular weight is 183 g/mol. The minimum absolute atomic E-state index is 0.574. The summed E-state index contributed by atoms with van der Waals surface area (Å²) in [5.41, 5.74) is 1.26. The molecule has 1 nitrogen and oxygen atoms in total. The predicted octanol–water partition coefficient (Wildman–Crippen LogP) is 3.59. The average Bonchev–Trinajstić information content (AvgIpc) is 2.55. The van der Waals surface area contributed by atoms with Gasteiger partial charge in [0, 0.05) is 17.1 Å². The van der Waals surface area contributed by atoms with E-state index in [0.29, 0.717) is 6.04 Å². The van der Waals surface area contributed by atoms with Gasteiger partial charge in [-0.05, 0) is 24.3 Å². The van der Waals surface area contributed by atoms with Crippen LogP contribution in [-0.4, -0.2) is 6.04 Å². The second-order valence-electron chi connectivity index (χ2n) is 3.33. The lowest BCUT2D eigenvalue weighted by Crippen LogP contribution is -2.22. The Morgan fingerprint density at radius 2 is 2.25 bits per heavy atom. The van der Waals surface area contributed by atoms with Crippen molar-refractivity contribution in [2.75, 3.05) is 5.32 Å². The minimum atomic E-state index is 0.574. The van der Waals surface area contributed by atoms with Crippen LogP contribution in [0.2, 0.25) is 0 Å². The van der Waals surface area contributed by atoms with Gasteiger partial charge < -0.3 is 5.32 Å². The fourth-order valence-corrected chi connectivity index (χ4v) is 1.70. The third-order valence-electron chi connectivity index (χ3n) is 2.41. The molecule has 0 bridgehead atoms. The smallest absolute Gasteiger partial charge is 0.0450 e. The third kappa shape index (κ3) is 2.52. The molecule has 0 aliphatic carbocycles. The van der Waals surface area contributed by atoms with Crippen molar-refractivity contribution in [1.29, 1.82) is 0 Å². The number of hydrogen-bond acceptors (Lipinski definition) is 2. The van der Waals surface area contributed by atoms with Crippen LogP contribution < -0.4 is 5.32 Å². The van der Waals surface area contributed by atoms with Crippen LogP contribution in [0.1, 0.15) is 27.2 Å². The normalized spacial score (nSPS) is 15.6. The van der Waals surface area contributed by atoms with Gasteiger partial charge in [0.2, 0.25) is 0 Å². The van der Waals surface area contributed by atoms with Crippen LogP contribution in [0.4, 0.5) is 5.69 Å². The van der Waals surface area contributed by atoms with Gasteiger partial charge in [0.25, 0.3) is 0 Å². The van der Waals surface area contributed by atoms with Crippen molar-refractivity contribution < 1.29 is 0 Å². The summed E-state index contributed by atoms with van der Waals surface area (Å²) in [6.07, 6.45) is 1.23. The standard InChI is InChI=1S/C10H17NS/c1-4-8(2)9(3)11-10-5-6-12-7-10/h5-9,11H,4H2,1-3H3. The largest absolute Gasteiger partial charge is 0.382 e. The Kier molecular flexibility index (Phi) is 3.60. The molecule has 68 valence electrons. The minimum Gasteiger partial charge on any atom is -0.382 e. The molecular weight excluding hydrogens is 166 g/mol. The molecule has 1 heterocycles. The van der Waals surface area contributed by atoms with Gasteiger partial charge in [0.1, 0.15) is 0 Å². The van der Waals surface area contributed by atoms with Crippen molar-refractivity contribution in [2.45, 2.75) is 33.2 Å². The number of nitrogens with one attached hydrogen (secondary N) is 1. The molecule has 0 radical (unpaired) electrons. The molecule has 1 aromatic rings. The van der Waals surface area contributed by atoms with Crippen LogP contribution >= 0.6 is 11.3 Å². The van der Waals surface area contributed by atoms with Crippen LogP contribution in [0.25, 0.3) is 0 Å². The topological polar surface area (TPSA) is 12.0 Å². The van der Waals surface area contributed by atoms with E-state index >= 15 is 0 Å². The molecule has 2 unspecified atom stereocenters. The zero-order valence-electron chi connectivity index (χ0n) is 8.00. The van der Waals surface area contributed by atoms with Crippen LogP contribution in [-0.2, 0) is 0 Å². The first-order valence-corrected chi connectivity index (χ1v) is 5.47. The molecule has 0 saturated heterocycles. The highest BCUT2D eigenvalue weighted by molar-refractivity contribution is 7.08. The Morgan fingerprint density at radius 3 is 2.75 bits per heavy atom. The van der Waals surface area contributed by atoms with E-state index in [-0.39, 0.29) is 0 Å². The SMILES string of the molecule is CCC(C)C(C)Nc1ccsc1. The van der Waals surface area contributed by atoms with Gasteiger partial charge in [-0.15, -0.1) is 0 Å². The van der Waals surface area contributed by atoms with E-state index in [9.17, 15) is 0 Å². The third-order valence-corrected chi connectivity index (χ3v) is 3.10. The highest BCUT2D eigenvalue weighted by Crippen LogP contribution is 2.17. The second-order valence-corrected chi connectivity index (χ2v) is 4.11. The first-order chi connectivity index (χ1) is 5.74. The van der Waals surface area contributed by atoms with Gasteiger partial charge in [-0.1, -0.05) is 20.3 Å². The lowest BCUT2D eigenvalue weighted by Gasteiger charge is -2.19. The number of anilines is 1. The highest BCUT2D eigenvalue weighted by Gasteiger charge is 2.08. The summed E-state index contributed by atoms with van der Waals surface area (Å²) in [5, 5.41) is 7.74. The van der Waals surface area contributed by atoms with Crippen molar-refractivity contribution in [3.63, 3.8) is 0 Å². The zero-order chi connectivity index (χ0) is 8.97. The first kappa shape index (κ1) is 9.59. The van der Waals surface area contributed by atoms with Crippen LogP contribution in [0.3, 0.4) is 0 Å². The van der Waals surface area contributed by atoms with Crippen LogP contribution in [0.5, 0.6) is 0 Å².